The van der Waals surface area contributed by atoms with Crippen LogP contribution in [-0.4, -0.2) is 23.0 Å². The van der Waals surface area contributed by atoms with Gasteiger partial charge in [0.05, 0.1) is 12.8 Å². The Hall–Kier alpha value is -2.73. The molecule has 0 aliphatic rings. The number of amides is 1. The minimum Gasteiger partial charge on any atom is -0.497 e. The largest absolute Gasteiger partial charge is 0.497 e. The van der Waals surface area contributed by atoms with Gasteiger partial charge in [-0.25, -0.2) is 4.98 Å². The first kappa shape index (κ1) is 16.1. The number of benzene rings is 1. The van der Waals surface area contributed by atoms with E-state index in [0.717, 1.165) is 22.7 Å². The lowest BCUT2D eigenvalue weighted by Crippen LogP contribution is -2.12. The van der Waals surface area contributed by atoms with Crippen LogP contribution in [-0.2, 0) is 11.2 Å². The predicted molar refractivity (Wildman–Crippen MR) is 95.3 cm³/mol. The minimum absolute atomic E-state index is 0.0484. The fourth-order valence-electron chi connectivity index (χ4n) is 2.19. The van der Waals surface area contributed by atoms with Crippen LogP contribution in [0.2, 0.25) is 0 Å². The van der Waals surface area contributed by atoms with Crippen molar-refractivity contribution in [2.75, 3.05) is 12.4 Å². The van der Waals surface area contributed by atoms with Gasteiger partial charge >= 0.3 is 0 Å². The average Bonchev–Trinajstić information content (AvgIpc) is 3.09. The Morgan fingerprint density at radius 2 is 2.00 bits per heavy atom. The summed E-state index contributed by atoms with van der Waals surface area (Å²) in [6, 6.07) is 13.4. The second kappa shape index (κ2) is 7.70. The van der Waals surface area contributed by atoms with E-state index in [2.05, 4.69) is 15.3 Å². The third kappa shape index (κ3) is 4.17. The van der Waals surface area contributed by atoms with E-state index in [9.17, 15) is 4.79 Å². The third-order valence-corrected chi connectivity index (χ3v) is 4.24. The maximum Gasteiger partial charge on any atom is 0.226 e. The molecule has 0 aliphatic heterocycles. The quantitative estimate of drug-likeness (QED) is 0.742. The van der Waals surface area contributed by atoms with E-state index in [4.69, 9.17) is 4.74 Å². The van der Waals surface area contributed by atoms with Crippen LogP contribution in [0.15, 0.2) is 54.0 Å². The van der Waals surface area contributed by atoms with Crippen molar-refractivity contribution in [1.82, 2.24) is 9.97 Å². The SMILES string of the molecule is COc1ccc(CCC(=O)Nc2nc(-c3ccccn3)cs2)cc1. The fourth-order valence-corrected chi connectivity index (χ4v) is 2.92. The van der Waals surface area contributed by atoms with Gasteiger partial charge in [-0.15, -0.1) is 11.3 Å². The number of thiazole rings is 1. The number of pyridine rings is 1. The molecule has 122 valence electrons. The van der Waals surface area contributed by atoms with Gasteiger partial charge in [-0.05, 0) is 36.2 Å². The van der Waals surface area contributed by atoms with Crippen LogP contribution in [0.1, 0.15) is 12.0 Å². The summed E-state index contributed by atoms with van der Waals surface area (Å²) in [6.45, 7) is 0. The normalized spacial score (nSPS) is 10.4. The van der Waals surface area contributed by atoms with E-state index in [-0.39, 0.29) is 5.91 Å². The number of carbonyl (C=O) groups is 1. The summed E-state index contributed by atoms with van der Waals surface area (Å²) in [5.74, 6) is 0.765. The molecule has 1 aromatic carbocycles. The molecule has 0 saturated carbocycles. The molecule has 2 heterocycles. The molecule has 2 aromatic heterocycles. The first-order valence-electron chi connectivity index (χ1n) is 7.54. The van der Waals surface area contributed by atoms with Gasteiger partial charge < -0.3 is 10.1 Å². The maximum absolute atomic E-state index is 12.1. The van der Waals surface area contributed by atoms with Crippen molar-refractivity contribution in [2.45, 2.75) is 12.8 Å². The Morgan fingerprint density at radius 1 is 1.17 bits per heavy atom. The van der Waals surface area contributed by atoms with Crippen molar-refractivity contribution in [3.05, 3.63) is 59.6 Å². The second-order valence-electron chi connectivity index (χ2n) is 5.15. The monoisotopic (exact) mass is 339 g/mol. The predicted octanol–water partition coefficient (Wildman–Crippen LogP) is 3.79. The maximum atomic E-state index is 12.1. The first-order valence-corrected chi connectivity index (χ1v) is 8.42. The second-order valence-corrected chi connectivity index (χ2v) is 6.01. The first-order chi connectivity index (χ1) is 11.7. The summed E-state index contributed by atoms with van der Waals surface area (Å²) in [5, 5.41) is 5.32. The highest BCUT2D eigenvalue weighted by Gasteiger charge is 2.09. The third-order valence-electron chi connectivity index (χ3n) is 3.48. The number of nitrogens with zero attached hydrogens (tertiary/aromatic N) is 2. The number of anilines is 1. The lowest BCUT2D eigenvalue weighted by Gasteiger charge is -2.04. The molecule has 5 nitrogen and oxygen atoms in total. The van der Waals surface area contributed by atoms with Gasteiger partial charge in [0.2, 0.25) is 5.91 Å². The standard InChI is InChI=1S/C18H17N3O2S/c1-23-14-8-5-13(6-9-14)7-10-17(22)21-18-20-16(12-24-18)15-4-2-3-11-19-15/h2-6,8-9,11-12H,7,10H2,1H3,(H,20,21,22). The Bertz CT molecular complexity index is 801. The van der Waals surface area contributed by atoms with Crippen LogP contribution in [0, 0.1) is 0 Å². The van der Waals surface area contributed by atoms with Gasteiger partial charge in [0.25, 0.3) is 0 Å². The molecule has 0 fully saturated rings. The van der Waals surface area contributed by atoms with Crippen molar-refractivity contribution in [1.29, 1.82) is 0 Å². The number of hydrogen-bond acceptors (Lipinski definition) is 5. The van der Waals surface area contributed by atoms with Gasteiger partial charge in [-0.3, -0.25) is 9.78 Å². The van der Waals surface area contributed by atoms with Crippen molar-refractivity contribution in [2.24, 2.45) is 0 Å². The summed E-state index contributed by atoms with van der Waals surface area (Å²) in [7, 11) is 1.63. The van der Waals surface area contributed by atoms with E-state index in [1.54, 1.807) is 13.3 Å². The summed E-state index contributed by atoms with van der Waals surface area (Å²) >= 11 is 1.40. The molecule has 24 heavy (non-hydrogen) atoms. The van der Waals surface area contributed by atoms with Crippen molar-refractivity contribution >= 4 is 22.4 Å². The zero-order valence-electron chi connectivity index (χ0n) is 13.2. The number of carbonyl (C=O) groups excluding carboxylic acids is 1. The summed E-state index contributed by atoms with van der Waals surface area (Å²) in [5.41, 5.74) is 2.66. The van der Waals surface area contributed by atoms with Crippen LogP contribution in [0.3, 0.4) is 0 Å². The lowest BCUT2D eigenvalue weighted by molar-refractivity contribution is -0.116. The molecule has 0 saturated heterocycles. The van der Waals surface area contributed by atoms with E-state index < -0.39 is 0 Å². The fraction of sp³-hybridized carbons (Fsp3) is 0.167. The van der Waals surface area contributed by atoms with Crippen LogP contribution in [0.4, 0.5) is 5.13 Å². The molecule has 0 unspecified atom stereocenters. The van der Waals surface area contributed by atoms with E-state index in [0.29, 0.717) is 18.0 Å². The highest BCUT2D eigenvalue weighted by Crippen LogP contribution is 2.23. The van der Waals surface area contributed by atoms with Crippen LogP contribution in [0.25, 0.3) is 11.4 Å². The Balaban J connectivity index is 1.54. The van der Waals surface area contributed by atoms with Crippen molar-refractivity contribution < 1.29 is 9.53 Å². The van der Waals surface area contributed by atoms with Crippen LogP contribution < -0.4 is 10.1 Å². The van der Waals surface area contributed by atoms with Gasteiger partial charge in [-0.2, -0.15) is 0 Å². The number of aromatic nitrogens is 2. The lowest BCUT2D eigenvalue weighted by atomic mass is 10.1. The highest BCUT2D eigenvalue weighted by atomic mass is 32.1. The number of hydrogen-bond donors (Lipinski definition) is 1. The number of rotatable bonds is 6. The number of methoxy groups -OCH3 is 1. The zero-order valence-corrected chi connectivity index (χ0v) is 14.0. The Morgan fingerprint density at radius 3 is 2.71 bits per heavy atom. The molecule has 6 heteroatoms. The number of aryl methyl sites for hydroxylation is 1. The topological polar surface area (TPSA) is 64.1 Å². The Labute approximate surface area is 144 Å². The number of ether oxygens (including phenoxy) is 1. The summed E-state index contributed by atoms with van der Waals surface area (Å²) in [4.78, 5) is 20.7. The average molecular weight is 339 g/mol. The van der Waals surface area contributed by atoms with Gasteiger partial charge in [0, 0.05) is 18.0 Å². The molecular weight excluding hydrogens is 322 g/mol. The molecule has 1 amide bonds. The molecule has 0 bridgehead atoms. The Kier molecular flexibility index (Phi) is 5.18. The molecule has 0 radical (unpaired) electrons. The molecule has 0 atom stereocenters. The molecule has 3 aromatic rings. The smallest absolute Gasteiger partial charge is 0.226 e. The number of nitrogens with one attached hydrogen (secondary N) is 1. The van der Waals surface area contributed by atoms with E-state index in [1.165, 1.54) is 11.3 Å². The summed E-state index contributed by atoms with van der Waals surface area (Å²) < 4.78 is 5.12. The van der Waals surface area contributed by atoms with Crippen molar-refractivity contribution in [3.63, 3.8) is 0 Å². The molecular formula is C18H17N3O2S. The van der Waals surface area contributed by atoms with Crippen LogP contribution in [0.5, 0.6) is 5.75 Å². The minimum atomic E-state index is -0.0484. The van der Waals surface area contributed by atoms with Gasteiger partial charge in [-0.1, -0.05) is 18.2 Å². The molecule has 3 rings (SSSR count). The van der Waals surface area contributed by atoms with E-state index in [1.807, 2.05) is 47.8 Å². The van der Waals surface area contributed by atoms with Crippen LogP contribution >= 0.6 is 11.3 Å². The zero-order chi connectivity index (χ0) is 16.8. The summed E-state index contributed by atoms with van der Waals surface area (Å²) in [6.07, 6.45) is 2.81. The molecule has 1 N–H and O–H groups in total. The highest BCUT2D eigenvalue weighted by molar-refractivity contribution is 7.14. The van der Waals surface area contributed by atoms with Gasteiger partial charge in [0.1, 0.15) is 11.4 Å². The van der Waals surface area contributed by atoms with Gasteiger partial charge in [0.15, 0.2) is 5.13 Å². The molecule has 0 aliphatic carbocycles. The molecule has 0 spiro atoms. The van der Waals surface area contributed by atoms with E-state index >= 15 is 0 Å². The van der Waals surface area contributed by atoms with Crippen molar-refractivity contribution in [3.8, 4) is 17.1 Å².